The molecule has 2 heterocycles. The molecule has 0 atom stereocenters. The fourth-order valence-corrected chi connectivity index (χ4v) is 4.16. The quantitative estimate of drug-likeness (QED) is 0.870. The molecule has 1 aromatic carbocycles. The summed E-state index contributed by atoms with van der Waals surface area (Å²) in [5, 5.41) is 4.18. The average Bonchev–Trinajstić information content (AvgIpc) is 2.93. The molecule has 0 spiro atoms. The lowest BCUT2D eigenvalue weighted by Gasteiger charge is -2.20. The molecule has 0 unspecified atom stereocenters. The monoisotopic (exact) mass is 348 g/mol. The second-order valence-electron chi connectivity index (χ2n) is 6.16. The minimum absolute atomic E-state index is 0.320. The van der Waals surface area contributed by atoms with Gasteiger partial charge in [-0.15, -0.1) is 0 Å². The van der Waals surface area contributed by atoms with Gasteiger partial charge in [-0.25, -0.2) is 0 Å². The highest BCUT2D eigenvalue weighted by molar-refractivity contribution is 7.87. The van der Waals surface area contributed by atoms with Crippen LogP contribution in [0.4, 0.5) is 0 Å². The van der Waals surface area contributed by atoms with Crippen LogP contribution in [0.25, 0.3) is 0 Å². The van der Waals surface area contributed by atoms with Crippen LogP contribution < -0.4 is 4.72 Å². The molecule has 0 bridgehead atoms. The van der Waals surface area contributed by atoms with Crippen molar-refractivity contribution in [3.05, 3.63) is 53.9 Å². The summed E-state index contributed by atoms with van der Waals surface area (Å²) in [7, 11) is -3.39. The highest BCUT2D eigenvalue weighted by atomic mass is 32.2. The van der Waals surface area contributed by atoms with Crippen LogP contribution in [-0.2, 0) is 23.3 Å². The van der Waals surface area contributed by atoms with Crippen molar-refractivity contribution in [2.24, 2.45) is 0 Å². The van der Waals surface area contributed by atoms with Gasteiger partial charge in [-0.1, -0.05) is 37.1 Å². The minimum Gasteiger partial charge on any atom is -0.268 e. The first-order valence-electron chi connectivity index (χ1n) is 8.43. The maximum Gasteiger partial charge on any atom is 0.279 e. The van der Waals surface area contributed by atoms with Gasteiger partial charge in [0.2, 0.25) is 0 Å². The van der Waals surface area contributed by atoms with E-state index in [0.29, 0.717) is 26.2 Å². The van der Waals surface area contributed by atoms with Crippen molar-refractivity contribution in [3.8, 4) is 0 Å². The lowest BCUT2D eigenvalue weighted by atomic mass is 10.1. The van der Waals surface area contributed by atoms with Crippen LogP contribution >= 0.6 is 0 Å². The van der Waals surface area contributed by atoms with E-state index >= 15 is 0 Å². The van der Waals surface area contributed by atoms with Crippen LogP contribution in [0, 0.1) is 0 Å². The number of rotatable bonds is 6. The predicted molar refractivity (Wildman–Crippen MR) is 93.6 cm³/mol. The Morgan fingerprint density at radius 3 is 2.29 bits per heavy atom. The lowest BCUT2D eigenvalue weighted by Crippen LogP contribution is -2.40. The van der Waals surface area contributed by atoms with Crippen molar-refractivity contribution in [2.75, 3.05) is 13.1 Å². The maximum absolute atomic E-state index is 12.4. The molecule has 1 saturated heterocycles. The average molecular weight is 348 g/mol. The zero-order valence-corrected chi connectivity index (χ0v) is 14.6. The van der Waals surface area contributed by atoms with Crippen LogP contribution in [0.3, 0.4) is 0 Å². The molecule has 1 N–H and O–H groups in total. The number of benzene rings is 1. The number of nitrogens with zero attached hydrogens (tertiary/aromatic N) is 3. The molecular formula is C17H24N4O2S. The second kappa shape index (κ2) is 7.92. The summed E-state index contributed by atoms with van der Waals surface area (Å²) < 4.78 is 30.9. The van der Waals surface area contributed by atoms with E-state index in [4.69, 9.17) is 0 Å². The van der Waals surface area contributed by atoms with E-state index in [1.54, 1.807) is 10.5 Å². The predicted octanol–water partition coefficient (Wildman–Crippen LogP) is 2.14. The highest BCUT2D eigenvalue weighted by Gasteiger charge is 2.22. The van der Waals surface area contributed by atoms with Gasteiger partial charge in [0.1, 0.15) is 0 Å². The molecule has 0 amide bonds. The molecule has 6 nitrogen and oxygen atoms in total. The standard InChI is InChI=1S/C17H24N4O2S/c22-24(23,21-12-3-1-2-4-13-21)19-14-16-6-8-17(9-7-16)15-20-11-5-10-18-20/h5-11,19H,1-4,12-15H2. The zero-order valence-electron chi connectivity index (χ0n) is 13.8. The number of aromatic nitrogens is 2. The number of nitrogens with one attached hydrogen (secondary N) is 1. The Morgan fingerprint density at radius 1 is 1.00 bits per heavy atom. The van der Waals surface area contributed by atoms with Gasteiger partial charge in [0.25, 0.3) is 10.2 Å². The Labute approximate surface area is 143 Å². The molecular weight excluding hydrogens is 324 g/mol. The van der Waals surface area contributed by atoms with Crippen molar-refractivity contribution in [1.82, 2.24) is 18.8 Å². The lowest BCUT2D eigenvalue weighted by molar-refractivity contribution is 0.414. The van der Waals surface area contributed by atoms with Crippen LogP contribution in [-0.4, -0.2) is 35.6 Å². The number of hydrogen-bond acceptors (Lipinski definition) is 3. The minimum atomic E-state index is -3.39. The molecule has 7 heteroatoms. The van der Waals surface area contributed by atoms with Crippen molar-refractivity contribution in [1.29, 1.82) is 0 Å². The number of hydrogen-bond donors (Lipinski definition) is 1. The summed E-state index contributed by atoms with van der Waals surface area (Å²) in [4.78, 5) is 0. The SMILES string of the molecule is O=S(=O)(NCc1ccc(Cn2cccn2)cc1)N1CCCCCC1. The van der Waals surface area contributed by atoms with Gasteiger partial charge in [0, 0.05) is 32.0 Å². The second-order valence-corrected chi connectivity index (χ2v) is 7.91. The fourth-order valence-electron chi connectivity index (χ4n) is 2.89. The summed E-state index contributed by atoms with van der Waals surface area (Å²) in [6.07, 6.45) is 7.80. The van der Waals surface area contributed by atoms with E-state index < -0.39 is 10.2 Å². The van der Waals surface area contributed by atoms with Crippen molar-refractivity contribution in [3.63, 3.8) is 0 Å². The van der Waals surface area contributed by atoms with Gasteiger partial charge in [-0.2, -0.15) is 22.5 Å². The first-order valence-corrected chi connectivity index (χ1v) is 9.87. The molecule has 2 aromatic rings. The van der Waals surface area contributed by atoms with Gasteiger partial charge in [0.15, 0.2) is 0 Å². The van der Waals surface area contributed by atoms with Crippen LogP contribution in [0.15, 0.2) is 42.7 Å². The molecule has 1 aromatic heterocycles. The fraction of sp³-hybridized carbons (Fsp3) is 0.471. The normalized spacial score (nSPS) is 16.8. The molecule has 24 heavy (non-hydrogen) atoms. The van der Waals surface area contributed by atoms with E-state index in [0.717, 1.165) is 36.8 Å². The molecule has 1 aliphatic heterocycles. The maximum atomic E-state index is 12.4. The van der Waals surface area contributed by atoms with E-state index in [1.165, 1.54) is 0 Å². The Hall–Kier alpha value is -1.70. The molecule has 1 aliphatic rings. The topological polar surface area (TPSA) is 67.2 Å². The Kier molecular flexibility index (Phi) is 5.65. The molecule has 0 saturated carbocycles. The summed E-state index contributed by atoms with van der Waals surface area (Å²) in [5.41, 5.74) is 2.09. The van der Waals surface area contributed by atoms with Gasteiger partial charge < -0.3 is 0 Å². The van der Waals surface area contributed by atoms with E-state index in [1.807, 2.05) is 41.2 Å². The van der Waals surface area contributed by atoms with E-state index in [-0.39, 0.29) is 0 Å². The summed E-state index contributed by atoms with van der Waals surface area (Å²) in [6, 6.07) is 9.84. The smallest absolute Gasteiger partial charge is 0.268 e. The van der Waals surface area contributed by atoms with Crippen molar-refractivity contribution in [2.45, 2.75) is 38.8 Å². The zero-order chi connectivity index (χ0) is 16.8. The largest absolute Gasteiger partial charge is 0.279 e. The highest BCUT2D eigenvalue weighted by Crippen LogP contribution is 2.13. The van der Waals surface area contributed by atoms with E-state index in [9.17, 15) is 8.42 Å². The van der Waals surface area contributed by atoms with E-state index in [2.05, 4.69) is 9.82 Å². The van der Waals surface area contributed by atoms with Crippen LogP contribution in [0.2, 0.25) is 0 Å². The Balaban J connectivity index is 1.55. The third-order valence-electron chi connectivity index (χ3n) is 4.29. The molecule has 130 valence electrons. The van der Waals surface area contributed by atoms with Gasteiger partial charge in [-0.05, 0) is 30.0 Å². The summed E-state index contributed by atoms with van der Waals surface area (Å²) in [5.74, 6) is 0. The van der Waals surface area contributed by atoms with Crippen molar-refractivity contribution < 1.29 is 8.42 Å². The summed E-state index contributed by atoms with van der Waals surface area (Å²) >= 11 is 0. The first kappa shape index (κ1) is 17.1. The summed E-state index contributed by atoms with van der Waals surface area (Å²) in [6.45, 7) is 2.28. The van der Waals surface area contributed by atoms with Crippen molar-refractivity contribution >= 4 is 10.2 Å². The van der Waals surface area contributed by atoms with Gasteiger partial charge >= 0.3 is 0 Å². The van der Waals surface area contributed by atoms with Crippen LogP contribution in [0.5, 0.6) is 0 Å². The Morgan fingerprint density at radius 2 is 1.67 bits per heavy atom. The van der Waals surface area contributed by atoms with Gasteiger partial charge in [0.05, 0.1) is 6.54 Å². The first-order chi connectivity index (χ1) is 11.6. The molecule has 3 rings (SSSR count). The third-order valence-corrected chi connectivity index (χ3v) is 5.84. The van der Waals surface area contributed by atoms with Crippen LogP contribution in [0.1, 0.15) is 36.8 Å². The Bertz CT molecular complexity index is 718. The molecule has 1 fully saturated rings. The van der Waals surface area contributed by atoms with Gasteiger partial charge in [-0.3, -0.25) is 4.68 Å². The third kappa shape index (κ3) is 4.66. The molecule has 0 radical (unpaired) electrons. The molecule has 0 aliphatic carbocycles.